The van der Waals surface area contributed by atoms with Crippen molar-refractivity contribution in [2.45, 2.75) is 26.4 Å². The Morgan fingerprint density at radius 3 is 2.40 bits per heavy atom. The molecule has 4 nitrogen and oxygen atoms in total. The SMILES string of the molecule is COc1ccccc1C(=O)CSCC(=O)OC(C)(C)C. The Labute approximate surface area is 123 Å². The van der Waals surface area contributed by atoms with E-state index in [9.17, 15) is 9.59 Å². The highest BCUT2D eigenvalue weighted by molar-refractivity contribution is 8.00. The lowest BCUT2D eigenvalue weighted by atomic mass is 10.1. The first-order chi connectivity index (χ1) is 9.33. The molecule has 0 unspecified atom stereocenters. The molecule has 20 heavy (non-hydrogen) atoms. The second kappa shape index (κ2) is 7.33. The lowest BCUT2D eigenvalue weighted by molar-refractivity contribution is -0.151. The Kier molecular flexibility index (Phi) is 6.07. The predicted octanol–water partition coefficient (Wildman–Crippen LogP) is 2.95. The minimum absolute atomic E-state index is 0.0593. The quantitative estimate of drug-likeness (QED) is 0.597. The summed E-state index contributed by atoms with van der Waals surface area (Å²) in [5.41, 5.74) is 0.0382. The molecule has 0 amide bonds. The van der Waals surface area contributed by atoms with Gasteiger partial charge in [0.25, 0.3) is 0 Å². The average molecular weight is 296 g/mol. The third-order valence-electron chi connectivity index (χ3n) is 2.28. The Morgan fingerprint density at radius 1 is 1.15 bits per heavy atom. The van der Waals surface area contributed by atoms with E-state index >= 15 is 0 Å². The summed E-state index contributed by atoms with van der Waals surface area (Å²) in [5.74, 6) is 0.569. The molecule has 0 bridgehead atoms. The van der Waals surface area contributed by atoms with Crippen LogP contribution >= 0.6 is 11.8 Å². The number of Topliss-reactive ketones (excluding diaryl/α,β-unsaturated/α-hetero) is 1. The van der Waals surface area contributed by atoms with Crippen LogP contribution < -0.4 is 4.74 Å². The van der Waals surface area contributed by atoms with E-state index in [0.717, 1.165) is 0 Å². The number of carbonyl (C=O) groups excluding carboxylic acids is 2. The van der Waals surface area contributed by atoms with Crippen molar-refractivity contribution in [3.05, 3.63) is 29.8 Å². The highest BCUT2D eigenvalue weighted by Crippen LogP contribution is 2.19. The molecule has 0 spiro atoms. The monoisotopic (exact) mass is 296 g/mol. The summed E-state index contributed by atoms with van der Waals surface area (Å²) >= 11 is 1.24. The van der Waals surface area contributed by atoms with Crippen molar-refractivity contribution < 1.29 is 19.1 Å². The van der Waals surface area contributed by atoms with Crippen LogP contribution in [0.15, 0.2) is 24.3 Å². The largest absolute Gasteiger partial charge is 0.496 e. The van der Waals surface area contributed by atoms with Gasteiger partial charge in [-0.15, -0.1) is 11.8 Å². The number of hydrogen-bond donors (Lipinski definition) is 0. The van der Waals surface area contributed by atoms with Crippen LogP contribution in [0.4, 0.5) is 0 Å². The molecule has 0 N–H and O–H groups in total. The van der Waals surface area contributed by atoms with Crippen molar-refractivity contribution in [2.24, 2.45) is 0 Å². The van der Waals surface area contributed by atoms with Gasteiger partial charge in [-0.3, -0.25) is 9.59 Å². The van der Waals surface area contributed by atoms with Crippen LogP contribution in [0.5, 0.6) is 5.75 Å². The number of para-hydroxylation sites is 1. The van der Waals surface area contributed by atoms with E-state index in [4.69, 9.17) is 9.47 Å². The van der Waals surface area contributed by atoms with Crippen LogP contribution in [0, 0.1) is 0 Å². The molecular formula is C15H20O4S. The molecule has 0 saturated heterocycles. The maximum Gasteiger partial charge on any atom is 0.316 e. The minimum Gasteiger partial charge on any atom is -0.496 e. The van der Waals surface area contributed by atoms with E-state index in [1.54, 1.807) is 18.2 Å². The van der Waals surface area contributed by atoms with Crippen molar-refractivity contribution >= 4 is 23.5 Å². The van der Waals surface area contributed by atoms with Crippen molar-refractivity contribution in [3.63, 3.8) is 0 Å². The zero-order valence-electron chi connectivity index (χ0n) is 12.3. The number of thioether (sulfide) groups is 1. The van der Waals surface area contributed by atoms with Gasteiger partial charge in [-0.2, -0.15) is 0 Å². The summed E-state index contributed by atoms with van der Waals surface area (Å²) in [6.07, 6.45) is 0. The summed E-state index contributed by atoms with van der Waals surface area (Å²) in [6.45, 7) is 5.45. The lowest BCUT2D eigenvalue weighted by Gasteiger charge is -2.19. The second-order valence-electron chi connectivity index (χ2n) is 5.20. The van der Waals surface area contributed by atoms with Gasteiger partial charge in [-0.05, 0) is 32.9 Å². The molecule has 110 valence electrons. The van der Waals surface area contributed by atoms with Crippen molar-refractivity contribution in [1.82, 2.24) is 0 Å². The highest BCUT2D eigenvalue weighted by atomic mass is 32.2. The van der Waals surface area contributed by atoms with E-state index < -0.39 is 5.60 Å². The molecule has 0 aromatic heterocycles. The molecule has 1 rings (SSSR count). The van der Waals surface area contributed by atoms with Gasteiger partial charge in [-0.25, -0.2) is 0 Å². The summed E-state index contributed by atoms with van der Waals surface area (Å²) in [4.78, 5) is 23.6. The molecule has 5 heteroatoms. The predicted molar refractivity (Wildman–Crippen MR) is 80.5 cm³/mol. The highest BCUT2D eigenvalue weighted by Gasteiger charge is 2.17. The minimum atomic E-state index is -0.496. The number of ether oxygens (including phenoxy) is 2. The maximum atomic E-state index is 12.0. The summed E-state index contributed by atoms with van der Waals surface area (Å²) < 4.78 is 10.3. The first kappa shape index (κ1) is 16.6. The summed E-state index contributed by atoms with van der Waals surface area (Å²) in [7, 11) is 1.53. The van der Waals surface area contributed by atoms with Gasteiger partial charge in [0.2, 0.25) is 0 Å². The van der Waals surface area contributed by atoms with Crippen LogP contribution in [-0.4, -0.2) is 36.0 Å². The molecule has 0 aliphatic heterocycles. The zero-order valence-corrected chi connectivity index (χ0v) is 13.1. The molecule has 1 aromatic carbocycles. The molecule has 0 radical (unpaired) electrons. The average Bonchev–Trinajstić information content (AvgIpc) is 2.36. The van der Waals surface area contributed by atoms with Gasteiger partial charge in [0.1, 0.15) is 11.4 Å². The zero-order chi connectivity index (χ0) is 15.2. The fourth-order valence-electron chi connectivity index (χ4n) is 1.55. The smallest absolute Gasteiger partial charge is 0.316 e. The van der Waals surface area contributed by atoms with Crippen molar-refractivity contribution in [1.29, 1.82) is 0 Å². The topological polar surface area (TPSA) is 52.6 Å². The van der Waals surface area contributed by atoms with Crippen LogP contribution in [0.25, 0.3) is 0 Å². The second-order valence-corrected chi connectivity index (χ2v) is 6.19. The molecule has 0 aliphatic carbocycles. The Hall–Kier alpha value is -1.49. The molecule has 0 aliphatic rings. The fourth-order valence-corrected chi connectivity index (χ4v) is 2.22. The van der Waals surface area contributed by atoms with E-state index in [-0.39, 0.29) is 23.3 Å². The Bertz CT molecular complexity index is 477. The molecule has 0 atom stereocenters. The number of ketones is 1. The Balaban J connectivity index is 2.46. The summed E-state index contributed by atoms with van der Waals surface area (Å²) in [5, 5.41) is 0. The van der Waals surface area contributed by atoms with E-state index in [0.29, 0.717) is 11.3 Å². The number of esters is 1. The summed E-state index contributed by atoms with van der Waals surface area (Å²) in [6, 6.07) is 7.05. The van der Waals surface area contributed by atoms with Gasteiger partial charge >= 0.3 is 5.97 Å². The van der Waals surface area contributed by atoms with Crippen molar-refractivity contribution in [2.75, 3.05) is 18.6 Å². The third kappa shape index (κ3) is 5.65. The molecular weight excluding hydrogens is 276 g/mol. The van der Waals surface area contributed by atoms with Crippen molar-refractivity contribution in [3.8, 4) is 5.75 Å². The number of hydrogen-bond acceptors (Lipinski definition) is 5. The van der Waals surface area contributed by atoms with Crippen LogP contribution in [-0.2, 0) is 9.53 Å². The Morgan fingerprint density at radius 2 is 1.80 bits per heavy atom. The van der Waals surface area contributed by atoms with Crippen LogP contribution in [0.2, 0.25) is 0 Å². The normalized spacial score (nSPS) is 11.0. The van der Waals surface area contributed by atoms with E-state index in [1.807, 2.05) is 26.8 Å². The molecule has 0 saturated carbocycles. The molecule has 0 fully saturated rings. The number of carbonyl (C=O) groups is 2. The maximum absolute atomic E-state index is 12.0. The first-order valence-corrected chi connectivity index (χ1v) is 7.45. The number of rotatable bonds is 6. The fraction of sp³-hybridized carbons (Fsp3) is 0.467. The van der Waals surface area contributed by atoms with Gasteiger partial charge < -0.3 is 9.47 Å². The van der Waals surface area contributed by atoms with E-state index in [2.05, 4.69) is 0 Å². The van der Waals surface area contributed by atoms with Gasteiger partial charge in [0.15, 0.2) is 5.78 Å². The number of methoxy groups -OCH3 is 1. The van der Waals surface area contributed by atoms with E-state index in [1.165, 1.54) is 18.9 Å². The van der Waals surface area contributed by atoms with Gasteiger partial charge in [-0.1, -0.05) is 12.1 Å². The van der Waals surface area contributed by atoms with Gasteiger partial charge in [0.05, 0.1) is 24.2 Å². The molecule has 1 aromatic rings. The lowest BCUT2D eigenvalue weighted by Crippen LogP contribution is -2.25. The standard InChI is InChI=1S/C15H20O4S/c1-15(2,3)19-14(17)10-20-9-12(16)11-7-5-6-8-13(11)18-4/h5-8H,9-10H2,1-4H3. The van der Waals surface area contributed by atoms with Crippen LogP contribution in [0.3, 0.4) is 0 Å². The van der Waals surface area contributed by atoms with Gasteiger partial charge in [0, 0.05) is 0 Å². The first-order valence-electron chi connectivity index (χ1n) is 6.29. The molecule has 0 heterocycles. The third-order valence-corrected chi connectivity index (χ3v) is 3.19. The number of benzene rings is 1. The van der Waals surface area contributed by atoms with Crippen LogP contribution in [0.1, 0.15) is 31.1 Å².